The van der Waals surface area contributed by atoms with Crippen molar-refractivity contribution in [1.82, 2.24) is 4.98 Å². The van der Waals surface area contributed by atoms with Crippen molar-refractivity contribution in [3.8, 4) is 0 Å². The van der Waals surface area contributed by atoms with E-state index in [1.165, 1.54) is 0 Å². The first-order valence-electron chi connectivity index (χ1n) is 3.69. The average molecular weight is 267 g/mol. The molecule has 0 N–H and O–H groups in total. The molecule has 0 atom stereocenters. The van der Waals surface area contributed by atoms with Crippen LogP contribution in [0.3, 0.4) is 0 Å². The summed E-state index contributed by atoms with van der Waals surface area (Å²) in [6, 6.07) is 4.93. The van der Waals surface area contributed by atoms with E-state index in [2.05, 4.69) is 4.98 Å². The van der Waals surface area contributed by atoms with Gasteiger partial charge in [-0.3, -0.25) is 0 Å². The van der Waals surface area contributed by atoms with Gasteiger partial charge in [-0.1, -0.05) is 46.4 Å². The Morgan fingerprint density at radius 3 is 2.36 bits per heavy atom. The lowest BCUT2D eigenvalue weighted by molar-refractivity contribution is 1.41. The summed E-state index contributed by atoms with van der Waals surface area (Å²) >= 11 is 23.5. The van der Waals surface area contributed by atoms with E-state index in [0.29, 0.717) is 31.1 Å². The lowest BCUT2D eigenvalue weighted by atomic mass is 10.2. The summed E-state index contributed by atoms with van der Waals surface area (Å²) < 4.78 is 0. The summed E-state index contributed by atoms with van der Waals surface area (Å²) in [7, 11) is 0. The van der Waals surface area contributed by atoms with E-state index in [-0.39, 0.29) is 0 Å². The second-order valence-corrected chi connectivity index (χ2v) is 4.26. The molecular weight excluding hydrogens is 264 g/mol. The molecular formula is C9H3Cl4N. The quantitative estimate of drug-likeness (QED) is 0.491. The highest BCUT2D eigenvalue weighted by Crippen LogP contribution is 2.35. The van der Waals surface area contributed by atoms with Crippen molar-refractivity contribution < 1.29 is 0 Å². The van der Waals surface area contributed by atoms with Gasteiger partial charge >= 0.3 is 0 Å². The number of aromatic nitrogens is 1. The van der Waals surface area contributed by atoms with Gasteiger partial charge in [0, 0.05) is 5.39 Å². The Morgan fingerprint density at radius 1 is 0.929 bits per heavy atom. The predicted molar refractivity (Wildman–Crippen MR) is 61.8 cm³/mol. The summed E-state index contributed by atoms with van der Waals surface area (Å²) in [4.78, 5) is 4.07. The molecule has 14 heavy (non-hydrogen) atoms. The number of hydrogen-bond donors (Lipinski definition) is 0. The van der Waals surface area contributed by atoms with Crippen molar-refractivity contribution in [3.63, 3.8) is 0 Å². The lowest BCUT2D eigenvalue weighted by Crippen LogP contribution is -1.83. The van der Waals surface area contributed by atoms with Gasteiger partial charge < -0.3 is 0 Å². The molecule has 0 unspecified atom stereocenters. The Morgan fingerprint density at radius 2 is 1.64 bits per heavy atom. The Kier molecular flexibility index (Phi) is 2.76. The minimum absolute atomic E-state index is 0.373. The zero-order valence-electron chi connectivity index (χ0n) is 6.69. The fraction of sp³-hybridized carbons (Fsp3) is 0. The van der Waals surface area contributed by atoms with Crippen LogP contribution in [-0.2, 0) is 0 Å². The van der Waals surface area contributed by atoms with Crippen LogP contribution in [0.25, 0.3) is 10.9 Å². The smallest absolute Gasteiger partial charge is 0.129 e. The second-order valence-electron chi connectivity index (χ2n) is 2.68. The van der Waals surface area contributed by atoms with Crippen LogP contribution in [-0.4, -0.2) is 4.98 Å². The van der Waals surface area contributed by atoms with Crippen LogP contribution in [0.1, 0.15) is 0 Å². The number of halogens is 4. The fourth-order valence-electron chi connectivity index (χ4n) is 1.17. The van der Waals surface area contributed by atoms with E-state index >= 15 is 0 Å². The van der Waals surface area contributed by atoms with E-state index < -0.39 is 0 Å². The standard InChI is InChI=1S/C9H3Cl4N/c10-5-3-6(11)9-4(8(5)13)1-2-7(12)14-9/h1-3H. The van der Waals surface area contributed by atoms with Gasteiger partial charge in [0.2, 0.25) is 0 Å². The molecule has 0 amide bonds. The Bertz CT molecular complexity index is 510. The van der Waals surface area contributed by atoms with Crippen LogP contribution >= 0.6 is 46.4 Å². The van der Waals surface area contributed by atoms with E-state index in [4.69, 9.17) is 46.4 Å². The van der Waals surface area contributed by atoms with E-state index in [1.807, 2.05) is 0 Å². The molecule has 0 bridgehead atoms. The number of pyridine rings is 1. The minimum Gasteiger partial charge on any atom is -0.234 e. The monoisotopic (exact) mass is 265 g/mol. The first-order chi connectivity index (χ1) is 6.59. The number of fused-ring (bicyclic) bond motifs is 1. The largest absolute Gasteiger partial charge is 0.234 e. The molecule has 0 radical (unpaired) electrons. The van der Waals surface area contributed by atoms with Gasteiger partial charge in [-0.2, -0.15) is 0 Å². The first kappa shape index (κ1) is 10.3. The van der Waals surface area contributed by atoms with Gasteiger partial charge in [0.25, 0.3) is 0 Å². The summed E-state index contributed by atoms with van der Waals surface area (Å²) in [6.45, 7) is 0. The van der Waals surface area contributed by atoms with E-state index in [1.54, 1.807) is 18.2 Å². The molecule has 1 aromatic heterocycles. The van der Waals surface area contributed by atoms with Crippen LogP contribution in [0.5, 0.6) is 0 Å². The van der Waals surface area contributed by atoms with Crippen molar-refractivity contribution >= 4 is 57.3 Å². The van der Waals surface area contributed by atoms with Gasteiger partial charge in [-0.15, -0.1) is 0 Å². The van der Waals surface area contributed by atoms with Crippen LogP contribution in [0.2, 0.25) is 20.2 Å². The third kappa shape index (κ3) is 1.66. The zero-order valence-corrected chi connectivity index (χ0v) is 9.71. The predicted octanol–water partition coefficient (Wildman–Crippen LogP) is 4.85. The molecule has 2 aromatic rings. The van der Waals surface area contributed by atoms with Gasteiger partial charge in [0.1, 0.15) is 5.15 Å². The molecule has 1 aromatic carbocycles. The van der Waals surface area contributed by atoms with Crippen molar-refractivity contribution in [2.24, 2.45) is 0 Å². The molecule has 1 heterocycles. The summed E-state index contributed by atoms with van der Waals surface area (Å²) in [5.74, 6) is 0. The van der Waals surface area contributed by atoms with E-state index in [0.717, 1.165) is 0 Å². The molecule has 72 valence electrons. The molecule has 0 fully saturated rings. The highest BCUT2D eigenvalue weighted by molar-refractivity contribution is 6.47. The maximum absolute atomic E-state index is 5.98. The van der Waals surface area contributed by atoms with Gasteiger partial charge in [0.05, 0.1) is 20.6 Å². The summed E-state index contributed by atoms with van der Waals surface area (Å²) in [5.41, 5.74) is 0.563. The molecule has 0 aliphatic carbocycles. The van der Waals surface area contributed by atoms with Crippen LogP contribution in [0.15, 0.2) is 18.2 Å². The minimum atomic E-state index is 0.373. The maximum Gasteiger partial charge on any atom is 0.129 e. The second kappa shape index (κ2) is 3.74. The van der Waals surface area contributed by atoms with Gasteiger partial charge in [0.15, 0.2) is 0 Å². The summed E-state index contributed by atoms with van der Waals surface area (Å²) in [6.07, 6.45) is 0. The first-order valence-corrected chi connectivity index (χ1v) is 5.20. The molecule has 1 nitrogen and oxygen atoms in total. The van der Waals surface area contributed by atoms with Crippen molar-refractivity contribution in [2.75, 3.05) is 0 Å². The number of hydrogen-bond acceptors (Lipinski definition) is 1. The lowest BCUT2D eigenvalue weighted by Gasteiger charge is -2.04. The number of nitrogens with zero attached hydrogens (tertiary/aromatic N) is 1. The van der Waals surface area contributed by atoms with Crippen LogP contribution in [0, 0.1) is 0 Å². The number of rotatable bonds is 0. The summed E-state index contributed by atoms with van der Waals surface area (Å²) in [5, 5.41) is 2.37. The fourth-order valence-corrected chi connectivity index (χ4v) is 2.04. The van der Waals surface area contributed by atoms with E-state index in [9.17, 15) is 0 Å². The van der Waals surface area contributed by atoms with Gasteiger partial charge in [-0.05, 0) is 18.2 Å². The number of benzene rings is 1. The molecule has 5 heteroatoms. The van der Waals surface area contributed by atoms with Crippen molar-refractivity contribution in [2.45, 2.75) is 0 Å². The van der Waals surface area contributed by atoms with Crippen LogP contribution in [0.4, 0.5) is 0 Å². The molecule has 0 spiro atoms. The Balaban J connectivity index is 2.94. The topological polar surface area (TPSA) is 12.9 Å². The van der Waals surface area contributed by atoms with Crippen molar-refractivity contribution in [1.29, 1.82) is 0 Å². The molecule has 0 aliphatic heterocycles. The maximum atomic E-state index is 5.98. The molecule has 2 rings (SSSR count). The molecule has 0 aliphatic rings. The normalized spacial score (nSPS) is 10.9. The zero-order chi connectivity index (χ0) is 10.3. The molecule has 0 saturated heterocycles. The SMILES string of the molecule is Clc1ccc2c(Cl)c(Cl)cc(Cl)c2n1. The Hall–Kier alpha value is -0.210. The van der Waals surface area contributed by atoms with Gasteiger partial charge in [-0.25, -0.2) is 4.98 Å². The van der Waals surface area contributed by atoms with Crippen LogP contribution < -0.4 is 0 Å². The molecule has 0 saturated carbocycles. The highest BCUT2D eigenvalue weighted by atomic mass is 35.5. The third-order valence-electron chi connectivity index (χ3n) is 1.79. The average Bonchev–Trinajstić information content (AvgIpc) is 2.14. The highest BCUT2D eigenvalue weighted by Gasteiger charge is 2.09. The third-order valence-corrected chi connectivity index (χ3v) is 3.09. The van der Waals surface area contributed by atoms with Crippen molar-refractivity contribution in [3.05, 3.63) is 38.4 Å². The Labute approximate surface area is 101 Å².